The summed E-state index contributed by atoms with van der Waals surface area (Å²) in [6.45, 7) is 4.66. The molecule has 2 unspecified atom stereocenters. The third-order valence-electron chi connectivity index (χ3n) is 3.15. The lowest BCUT2D eigenvalue weighted by molar-refractivity contribution is 0.210. The molecule has 0 saturated heterocycles. The Hall–Kier alpha value is -0.990. The molecular formula is C11H19N3. The normalized spacial score (nSPS) is 33.1. The maximum Gasteiger partial charge on any atom is 0.0719 e. The van der Waals surface area contributed by atoms with E-state index in [0.717, 1.165) is 17.5 Å². The number of nitrogen functional groups attached to an aromatic ring is 1. The minimum absolute atomic E-state index is 0.561. The molecule has 2 atom stereocenters. The van der Waals surface area contributed by atoms with Crippen LogP contribution in [0.25, 0.3) is 0 Å². The molecule has 1 saturated carbocycles. The number of rotatable bonds is 1. The number of nitrogens with two attached hydrogens (primary N) is 1. The summed E-state index contributed by atoms with van der Waals surface area (Å²) < 4.78 is 2.04. The summed E-state index contributed by atoms with van der Waals surface area (Å²) in [5.74, 6) is 1.63. The molecule has 1 aromatic rings. The van der Waals surface area contributed by atoms with E-state index in [1.807, 2.05) is 10.9 Å². The van der Waals surface area contributed by atoms with E-state index in [2.05, 4.69) is 18.9 Å². The fourth-order valence-electron chi connectivity index (χ4n) is 2.67. The average Bonchev–Trinajstić information content (AvgIpc) is 2.50. The number of nitrogens with zero attached hydrogens (tertiary/aromatic N) is 2. The third kappa shape index (κ3) is 1.91. The summed E-state index contributed by atoms with van der Waals surface area (Å²) in [7, 11) is 0. The Bertz CT molecular complexity index is 295. The fraction of sp³-hybridized carbons (Fsp3) is 0.727. The Labute approximate surface area is 85.3 Å². The zero-order chi connectivity index (χ0) is 10.1. The highest BCUT2D eigenvalue weighted by Crippen LogP contribution is 2.35. The molecule has 1 heterocycles. The van der Waals surface area contributed by atoms with Crippen LogP contribution >= 0.6 is 0 Å². The van der Waals surface area contributed by atoms with Gasteiger partial charge < -0.3 is 5.73 Å². The van der Waals surface area contributed by atoms with Crippen molar-refractivity contribution in [2.75, 3.05) is 5.73 Å². The van der Waals surface area contributed by atoms with Gasteiger partial charge in [-0.15, -0.1) is 0 Å². The highest BCUT2D eigenvalue weighted by molar-refractivity contribution is 5.30. The van der Waals surface area contributed by atoms with Gasteiger partial charge in [-0.3, -0.25) is 4.68 Å². The number of anilines is 1. The Balaban J connectivity index is 2.10. The first-order valence-electron chi connectivity index (χ1n) is 5.44. The quantitative estimate of drug-likeness (QED) is 0.744. The van der Waals surface area contributed by atoms with Crippen LogP contribution in [0.3, 0.4) is 0 Å². The second-order valence-electron chi connectivity index (χ2n) is 4.82. The van der Waals surface area contributed by atoms with Gasteiger partial charge in [0.25, 0.3) is 0 Å². The van der Waals surface area contributed by atoms with Gasteiger partial charge >= 0.3 is 0 Å². The molecule has 78 valence electrons. The summed E-state index contributed by atoms with van der Waals surface area (Å²) >= 11 is 0. The SMILES string of the molecule is CC1CC(C)CC(n2cc(N)cn2)C1. The van der Waals surface area contributed by atoms with Gasteiger partial charge in [0.05, 0.1) is 17.9 Å². The van der Waals surface area contributed by atoms with Crippen molar-refractivity contribution >= 4 is 5.69 Å². The number of hydrogen-bond donors (Lipinski definition) is 1. The van der Waals surface area contributed by atoms with Crippen molar-refractivity contribution in [3.8, 4) is 0 Å². The molecule has 0 amide bonds. The molecule has 0 spiro atoms. The topological polar surface area (TPSA) is 43.8 Å². The van der Waals surface area contributed by atoms with Crippen LogP contribution in [0.15, 0.2) is 12.4 Å². The average molecular weight is 193 g/mol. The Kier molecular flexibility index (Phi) is 2.48. The molecule has 0 aliphatic heterocycles. The van der Waals surface area contributed by atoms with Crippen LogP contribution in [-0.2, 0) is 0 Å². The van der Waals surface area contributed by atoms with E-state index in [1.54, 1.807) is 6.20 Å². The number of hydrogen-bond acceptors (Lipinski definition) is 2. The zero-order valence-electron chi connectivity index (χ0n) is 8.98. The molecule has 0 radical (unpaired) electrons. The minimum atomic E-state index is 0.561. The fourth-order valence-corrected chi connectivity index (χ4v) is 2.67. The van der Waals surface area contributed by atoms with E-state index in [4.69, 9.17) is 5.73 Å². The van der Waals surface area contributed by atoms with Crippen molar-refractivity contribution in [2.24, 2.45) is 11.8 Å². The van der Waals surface area contributed by atoms with E-state index in [0.29, 0.717) is 6.04 Å². The lowest BCUT2D eigenvalue weighted by Gasteiger charge is -2.31. The van der Waals surface area contributed by atoms with Gasteiger partial charge in [-0.2, -0.15) is 5.10 Å². The van der Waals surface area contributed by atoms with E-state index in [-0.39, 0.29) is 0 Å². The van der Waals surface area contributed by atoms with Gasteiger partial charge in [0.2, 0.25) is 0 Å². The molecule has 14 heavy (non-hydrogen) atoms. The van der Waals surface area contributed by atoms with E-state index < -0.39 is 0 Å². The molecule has 2 N–H and O–H groups in total. The van der Waals surface area contributed by atoms with Crippen molar-refractivity contribution in [1.82, 2.24) is 9.78 Å². The van der Waals surface area contributed by atoms with Gasteiger partial charge in [0, 0.05) is 6.20 Å². The van der Waals surface area contributed by atoms with E-state index in [1.165, 1.54) is 19.3 Å². The lowest BCUT2D eigenvalue weighted by Crippen LogP contribution is -2.22. The van der Waals surface area contributed by atoms with Crippen molar-refractivity contribution in [1.29, 1.82) is 0 Å². The second-order valence-corrected chi connectivity index (χ2v) is 4.82. The molecule has 1 fully saturated rings. The van der Waals surface area contributed by atoms with Crippen molar-refractivity contribution in [3.05, 3.63) is 12.4 Å². The molecule has 0 aromatic carbocycles. The predicted octanol–water partition coefficient (Wildman–Crippen LogP) is 2.46. The highest BCUT2D eigenvalue weighted by Gasteiger charge is 2.25. The largest absolute Gasteiger partial charge is 0.396 e. The maximum atomic E-state index is 5.67. The van der Waals surface area contributed by atoms with Crippen molar-refractivity contribution in [3.63, 3.8) is 0 Å². The number of aromatic nitrogens is 2. The van der Waals surface area contributed by atoms with Crippen LogP contribution in [-0.4, -0.2) is 9.78 Å². The Morgan fingerprint density at radius 1 is 1.29 bits per heavy atom. The monoisotopic (exact) mass is 193 g/mol. The smallest absolute Gasteiger partial charge is 0.0719 e. The van der Waals surface area contributed by atoms with Crippen molar-refractivity contribution in [2.45, 2.75) is 39.2 Å². The van der Waals surface area contributed by atoms with Crippen LogP contribution in [0.2, 0.25) is 0 Å². The maximum absolute atomic E-state index is 5.67. The molecule has 2 rings (SSSR count). The molecule has 1 aliphatic rings. The van der Waals surface area contributed by atoms with Gasteiger partial charge in [0.1, 0.15) is 0 Å². The van der Waals surface area contributed by atoms with Gasteiger partial charge in [-0.05, 0) is 31.1 Å². The van der Waals surface area contributed by atoms with Crippen LogP contribution in [0.1, 0.15) is 39.2 Å². The first kappa shape index (κ1) is 9.56. The van der Waals surface area contributed by atoms with Gasteiger partial charge in [-0.1, -0.05) is 13.8 Å². The van der Waals surface area contributed by atoms with E-state index >= 15 is 0 Å². The van der Waals surface area contributed by atoms with Crippen LogP contribution in [0, 0.1) is 11.8 Å². The molecule has 3 nitrogen and oxygen atoms in total. The molecule has 1 aliphatic carbocycles. The van der Waals surface area contributed by atoms with Crippen LogP contribution < -0.4 is 5.73 Å². The zero-order valence-corrected chi connectivity index (χ0v) is 8.98. The summed E-state index contributed by atoms with van der Waals surface area (Å²) in [4.78, 5) is 0. The molecular weight excluding hydrogens is 174 g/mol. The summed E-state index contributed by atoms with van der Waals surface area (Å²) in [6, 6.07) is 0.561. The molecule has 0 bridgehead atoms. The van der Waals surface area contributed by atoms with Crippen LogP contribution in [0.5, 0.6) is 0 Å². The predicted molar refractivity (Wildman–Crippen MR) is 57.9 cm³/mol. The van der Waals surface area contributed by atoms with Gasteiger partial charge in [0.15, 0.2) is 0 Å². The Morgan fingerprint density at radius 3 is 2.43 bits per heavy atom. The van der Waals surface area contributed by atoms with Crippen LogP contribution in [0.4, 0.5) is 5.69 Å². The minimum Gasteiger partial charge on any atom is -0.396 e. The third-order valence-corrected chi connectivity index (χ3v) is 3.15. The van der Waals surface area contributed by atoms with Gasteiger partial charge in [-0.25, -0.2) is 0 Å². The summed E-state index contributed by atoms with van der Waals surface area (Å²) in [5, 5.41) is 4.30. The lowest BCUT2D eigenvalue weighted by atomic mass is 9.80. The summed E-state index contributed by atoms with van der Waals surface area (Å²) in [6.07, 6.45) is 7.53. The molecule has 3 heteroatoms. The highest BCUT2D eigenvalue weighted by atomic mass is 15.3. The first-order valence-corrected chi connectivity index (χ1v) is 5.44. The Morgan fingerprint density at radius 2 is 1.93 bits per heavy atom. The summed E-state index contributed by atoms with van der Waals surface area (Å²) in [5.41, 5.74) is 6.45. The van der Waals surface area contributed by atoms with E-state index in [9.17, 15) is 0 Å². The standard InChI is InChI=1S/C11H19N3/c1-8-3-9(2)5-11(4-8)14-7-10(12)6-13-14/h6-9,11H,3-5,12H2,1-2H3. The second kappa shape index (κ2) is 3.64. The first-order chi connectivity index (χ1) is 6.65. The van der Waals surface area contributed by atoms with Crippen molar-refractivity contribution < 1.29 is 0 Å². The molecule has 1 aromatic heterocycles.